The highest BCUT2D eigenvalue weighted by Gasteiger charge is 2.04. The van der Waals surface area contributed by atoms with E-state index in [0.717, 1.165) is 22.9 Å². The summed E-state index contributed by atoms with van der Waals surface area (Å²) in [5.41, 5.74) is 0.991. The SMILES string of the molecule is CCCC(O)CNCc1ccc(F)cc1Br. The van der Waals surface area contributed by atoms with Crippen LogP contribution in [0, 0.1) is 5.82 Å². The first-order valence-corrected chi connectivity index (χ1v) is 6.25. The van der Waals surface area contributed by atoms with Gasteiger partial charge in [-0.05, 0) is 24.1 Å². The highest BCUT2D eigenvalue weighted by Crippen LogP contribution is 2.17. The van der Waals surface area contributed by atoms with Crippen LogP contribution in [0.3, 0.4) is 0 Å². The molecule has 0 aliphatic rings. The Kier molecular flexibility index (Phi) is 5.95. The van der Waals surface area contributed by atoms with Gasteiger partial charge in [0.05, 0.1) is 6.10 Å². The maximum atomic E-state index is 12.8. The lowest BCUT2D eigenvalue weighted by molar-refractivity contribution is 0.160. The van der Waals surface area contributed by atoms with Gasteiger partial charge in [-0.1, -0.05) is 35.3 Å². The number of hydrogen-bond donors (Lipinski definition) is 2. The van der Waals surface area contributed by atoms with Crippen LogP contribution in [-0.2, 0) is 6.54 Å². The molecule has 0 saturated heterocycles. The molecule has 0 heterocycles. The first kappa shape index (κ1) is 13.6. The van der Waals surface area contributed by atoms with Crippen molar-refractivity contribution in [3.05, 3.63) is 34.1 Å². The van der Waals surface area contributed by atoms with Gasteiger partial charge in [0, 0.05) is 17.6 Å². The van der Waals surface area contributed by atoms with Crippen LogP contribution in [0.1, 0.15) is 25.3 Å². The maximum Gasteiger partial charge on any atom is 0.124 e. The molecule has 0 radical (unpaired) electrons. The normalized spacial score (nSPS) is 12.8. The summed E-state index contributed by atoms with van der Waals surface area (Å²) in [4.78, 5) is 0. The zero-order chi connectivity index (χ0) is 12.0. The van der Waals surface area contributed by atoms with Gasteiger partial charge in [-0.15, -0.1) is 0 Å². The minimum atomic E-state index is -0.302. The lowest BCUT2D eigenvalue weighted by atomic mass is 10.2. The monoisotopic (exact) mass is 289 g/mol. The van der Waals surface area contributed by atoms with Gasteiger partial charge < -0.3 is 10.4 Å². The second-order valence-electron chi connectivity index (χ2n) is 3.81. The van der Waals surface area contributed by atoms with Crippen molar-refractivity contribution < 1.29 is 9.50 Å². The Labute approximate surface area is 104 Å². The van der Waals surface area contributed by atoms with Crippen molar-refractivity contribution in [2.24, 2.45) is 0 Å². The predicted octanol–water partition coefficient (Wildman–Crippen LogP) is 2.84. The second kappa shape index (κ2) is 6.99. The van der Waals surface area contributed by atoms with Crippen molar-refractivity contribution in [1.82, 2.24) is 5.32 Å². The molecule has 0 saturated carbocycles. The van der Waals surface area contributed by atoms with Crippen LogP contribution in [0.2, 0.25) is 0 Å². The summed E-state index contributed by atoms with van der Waals surface area (Å²) in [5.74, 6) is -0.248. The first-order chi connectivity index (χ1) is 7.63. The van der Waals surface area contributed by atoms with Gasteiger partial charge >= 0.3 is 0 Å². The Morgan fingerprint density at radius 1 is 1.50 bits per heavy atom. The summed E-state index contributed by atoms with van der Waals surface area (Å²) in [6.07, 6.45) is 1.48. The van der Waals surface area contributed by atoms with Crippen LogP contribution in [0.5, 0.6) is 0 Å². The molecule has 0 bridgehead atoms. The Morgan fingerprint density at radius 3 is 2.88 bits per heavy atom. The maximum absolute atomic E-state index is 12.8. The average molecular weight is 290 g/mol. The van der Waals surface area contributed by atoms with Gasteiger partial charge in [-0.2, -0.15) is 0 Å². The third kappa shape index (κ3) is 4.60. The summed E-state index contributed by atoms with van der Waals surface area (Å²) in [6, 6.07) is 4.61. The van der Waals surface area contributed by atoms with Gasteiger partial charge in [0.15, 0.2) is 0 Å². The van der Waals surface area contributed by atoms with Crippen molar-refractivity contribution in [2.45, 2.75) is 32.4 Å². The van der Waals surface area contributed by atoms with E-state index in [9.17, 15) is 9.50 Å². The predicted molar refractivity (Wildman–Crippen MR) is 66.7 cm³/mol. The number of nitrogens with one attached hydrogen (secondary N) is 1. The fraction of sp³-hybridized carbons (Fsp3) is 0.500. The summed E-state index contributed by atoms with van der Waals surface area (Å²) in [6.45, 7) is 3.24. The van der Waals surface area contributed by atoms with Gasteiger partial charge in [0.25, 0.3) is 0 Å². The van der Waals surface area contributed by atoms with Crippen LogP contribution in [-0.4, -0.2) is 17.8 Å². The highest BCUT2D eigenvalue weighted by molar-refractivity contribution is 9.10. The lowest BCUT2D eigenvalue weighted by Crippen LogP contribution is -2.26. The molecule has 0 aromatic heterocycles. The molecule has 1 atom stereocenters. The van der Waals surface area contributed by atoms with Gasteiger partial charge in [-0.25, -0.2) is 4.39 Å². The Balaban J connectivity index is 2.37. The highest BCUT2D eigenvalue weighted by atomic mass is 79.9. The third-order valence-corrected chi connectivity index (χ3v) is 3.07. The summed E-state index contributed by atoms with van der Waals surface area (Å²) < 4.78 is 13.6. The van der Waals surface area contributed by atoms with E-state index in [1.807, 2.05) is 6.92 Å². The topological polar surface area (TPSA) is 32.3 Å². The molecule has 1 aromatic rings. The molecule has 1 aromatic carbocycles. The zero-order valence-corrected chi connectivity index (χ0v) is 10.9. The van der Waals surface area contributed by atoms with Crippen LogP contribution in [0.15, 0.2) is 22.7 Å². The molecular weight excluding hydrogens is 273 g/mol. The zero-order valence-electron chi connectivity index (χ0n) is 9.34. The molecule has 16 heavy (non-hydrogen) atoms. The Morgan fingerprint density at radius 2 is 2.25 bits per heavy atom. The fourth-order valence-electron chi connectivity index (χ4n) is 1.47. The number of aliphatic hydroxyl groups is 1. The van der Waals surface area contributed by atoms with Crippen molar-refractivity contribution in [2.75, 3.05) is 6.54 Å². The van der Waals surface area contributed by atoms with E-state index in [4.69, 9.17) is 0 Å². The number of aliphatic hydroxyl groups excluding tert-OH is 1. The van der Waals surface area contributed by atoms with E-state index in [1.54, 1.807) is 6.07 Å². The minimum absolute atomic E-state index is 0.248. The van der Waals surface area contributed by atoms with E-state index in [2.05, 4.69) is 21.2 Å². The molecule has 0 aliphatic heterocycles. The molecule has 1 unspecified atom stereocenters. The van der Waals surface area contributed by atoms with E-state index in [1.165, 1.54) is 12.1 Å². The summed E-state index contributed by atoms with van der Waals surface area (Å²) >= 11 is 3.30. The molecular formula is C12H17BrFNO. The third-order valence-electron chi connectivity index (χ3n) is 2.33. The van der Waals surface area contributed by atoms with Crippen LogP contribution in [0.4, 0.5) is 4.39 Å². The van der Waals surface area contributed by atoms with E-state index in [0.29, 0.717) is 13.1 Å². The van der Waals surface area contributed by atoms with E-state index >= 15 is 0 Å². The first-order valence-electron chi connectivity index (χ1n) is 5.46. The van der Waals surface area contributed by atoms with Crippen LogP contribution < -0.4 is 5.32 Å². The molecule has 4 heteroatoms. The van der Waals surface area contributed by atoms with Crippen molar-refractivity contribution in [3.8, 4) is 0 Å². The van der Waals surface area contributed by atoms with E-state index < -0.39 is 0 Å². The number of benzene rings is 1. The smallest absolute Gasteiger partial charge is 0.124 e. The molecule has 2 nitrogen and oxygen atoms in total. The second-order valence-corrected chi connectivity index (χ2v) is 4.66. The van der Waals surface area contributed by atoms with Gasteiger partial charge in [0.2, 0.25) is 0 Å². The largest absolute Gasteiger partial charge is 0.392 e. The van der Waals surface area contributed by atoms with Crippen molar-refractivity contribution in [1.29, 1.82) is 0 Å². The Hall–Kier alpha value is -0.450. The van der Waals surface area contributed by atoms with Crippen LogP contribution >= 0.6 is 15.9 Å². The molecule has 2 N–H and O–H groups in total. The molecule has 0 fully saturated rings. The lowest BCUT2D eigenvalue weighted by Gasteiger charge is -2.11. The number of halogens is 2. The minimum Gasteiger partial charge on any atom is -0.392 e. The Bertz CT molecular complexity index is 333. The average Bonchev–Trinajstić information content (AvgIpc) is 2.22. The molecule has 0 spiro atoms. The van der Waals surface area contributed by atoms with Gasteiger partial charge in [0.1, 0.15) is 5.82 Å². The number of hydrogen-bond acceptors (Lipinski definition) is 2. The van der Waals surface area contributed by atoms with E-state index in [-0.39, 0.29) is 11.9 Å². The quantitative estimate of drug-likeness (QED) is 0.844. The molecule has 0 aliphatic carbocycles. The molecule has 0 amide bonds. The van der Waals surface area contributed by atoms with Crippen molar-refractivity contribution in [3.63, 3.8) is 0 Å². The summed E-state index contributed by atoms with van der Waals surface area (Å²) in [5, 5.41) is 12.7. The summed E-state index contributed by atoms with van der Waals surface area (Å²) in [7, 11) is 0. The van der Waals surface area contributed by atoms with Gasteiger partial charge in [-0.3, -0.25) is 0 Å². The van der Waals surface area contributed by atoms with Crippen molar-refractivity contribution >= 4 is 15.9 Å². The molecule has 90 valence electrons. The standard InChI is InChI=1S/C12H17BrFNO/c1-2-3-11(16)8-15-7-9-4-5-10(14)6-12(9)13/h4-6,11,15-16H,2-3,7-8H2,1H3. The molecule has 1 rings (SSSR count). The van der Waals surface area contributed by atoms with Crippen LogP contribution in [0.25, 0.3) is 0 Å². The fourth-order valence-corrected chi connectivity index (χ4v) is 1.96. The number of rotatable bonds is 6.